The zero-order valence-electron chi connectivity index (χ0n) is 14.5. The lowest BCUT2D eigenvalue weighted by molar-refractivity contribution is -0.137. The summed E-state index contributed by atoms with van der Waals surface area (Å²) >= 11 is 1.22. The quantitative estimate of drug-likeness (QED) is 0.703. The Hall–Kier alpha value is -3.07. The van der Waals surface area contributed by atoms with E-state index in [0.29, 0.717) is 28.4 Å². The number of nitrogens with one attached hydrogen (secondary N) is 1. The molecule has 0 aliphatic carbocycles. The fraction of sp³-hybridized carbons (Fsp3) is 0.278. The molecule has 2 heterocycles. The molecule has 8 nitrogen and oxygen atoms in total. The summed E-state index contributed by atoms with van der Waals surface area (Å²) in [6.45, 7) is 1.73. The SMILES string of the molecule is Cc1nc(NC(=O)CCN2C(=O)c3ccccc3C2=O)sc1CCC(=O)O. The van der Waals surface area contributed by atoms with E-state index in [1.807, 2.05) is 0 Å². The standard InChI is InChI=1S/C18H17N3O5S/c1-10-13(6-7-15(23)24)27-18(19-10)20-14(22)8-9-21-16(25)11-4-2-3-5-12(11)17(21)26/h2-5H,6-9H2,1H3,(H,23,24)(H,19,20,22). The molecule has 1 aromatic carbocycles. The molecule has 3 amide bonds. The van der Waals surface area contributed by atoms with Crippen molar-refractivity contribution in [2.45, 2.75) is 26.2 Å². The molecule has 1 aliphatic heterocycles. The number of hydrogen-bond acceptors (Lipinski definition) is 6. The van der Waals surface area contributed by atoms with Crippen LogP contribution in [0, 0.1) is 6.92 Å². The zero-order valence-corrected chi connectivity index (χ0v) is 15.3. The minimum Gasteiger partial charge on any atom is -0.481 e. The molecule has 0 spiro atoms. The Morgan fingerprint density at radius 1 is 1.15 bits per heavy atom. The highest BCUT2D eigenvalue weighted by Crippen LogP contribution is 2.25. The molecule has 2 aromatic rings. The van der Waals surface area contributed by atoms with Crippen molar-refractivity contribution < 1.29 is 24.3 Å². The maximum Gasteiger partial charge on any atom is 0.303 e. The first-order valence-corrected chi connectivity index (χ1v) is 9.11. The lowest BCUT2D eigenvalue weighted by atomic mass is 10.1. The van der Waals surface area contributed by atoms with E-state index < -0.39 is 17.8 Å². The average molecular weight is 387 g/mol. The lowest BCUT2D eigenvalue weighted by Crippen LogP contribution is -2.32. The van der Waals surface area contributed by atoms with Gasteiger partial charge in [0.05, 0.1) is 23.2 Å². The summed E-state index contributed by atoms with van der Waals surface area (Å²) in [5.74, 6) is -2.06. The minimum atomic E-state index is -0.894. The number of hydrogen-bond donors (Lipinski definition) is 2. The van der Waals surface area contributed by atoms with E-state index in [9.17, 15) is 19.2 Å². The Kier molecular flexibility index (Phi) is 5.31. The number of aromatic nitrogens is 1. The van der Waals surface area contributed by atoms with Crippen molar-refractivity contribution in [2.75, 3.05) is 11.9 Å². The first-order chi connectivity index (χ1) is 12.9. The molecule has 0 bridgehead atoms. The van der Waals surface area contributed by atoms with Crippen molar-refractivity contribution in [3.63, 3.8) is 0 Å². The number of thiazole rings is 1. The second-order valence-electron chi connectivity index (χ2n) is 6.03. The Labute approximate surface area is 158 Å². The van der Waals surface area contributed by atoms with E-state index >= 15 is 0 Å². The number of aliphatic carboxylic acids is 1. The normalized spacial score (nSPS) is 13.0. The Balaban J connectivity index is 1.56. The van der Waals surface area contributed by atoms with Gasteiger partial charge in [-0.15, -0.1) is 11.3 Å². The third-order valence-electron chi connectivity index (χ3n) is 4.15. The summed E-state index contributed by atoms with van der Waals surface area (Å²) in [7, 11) is 0. The Bertz CT molecular complexity index is 902. The van der Waals surface area contributed by atoms with Crippen molar-refractivity contribution in [2.24, 2.45) is 0 Å². The highest BCUT2D eigenvalue weighted by molar-refractivity contribution is 7.15. The fourth-order valence-electron chi connectivity index (χ4n) is 2.77. The van der Waals surface area contributed by atoms with E-state index in [2.05, 4.69) is 10.3 Å². The van der Waals surface area contributed by atoms with Gasteiger partial charge in [-0.3, -0.25) is 24.1 Å². The monoisotopic (exact) mass is 387 g/mol. The Morgan fingerprint density at radius 2 is 1.78 bits per heavy atom. The maximum absolute atomic E-state index is 12.3. The third-order valence-corrected chi connectivity index (χ3v) is 5.28. The number of carboxylic acid groups (broad SMARTS) is 1. The summed E-state index contributed by atoms with van der Waals surface area (Å²) in [6.07, 6.45) is 0.300. The van der Waals surface area contributed by atoms with Gasteiger partial charge in [-0.2, -0.15) is 0 Å². The number of anilines is 1. The molecule has 27 heavy (non-hydrogen) atoms. The lowest BCUT2D eigenvalue weighted by Gasteiger charge is -2.12. The molecule has 9 heteroatoms. The molecular formula is C18H17N3O5S. The van der Waals surface area contributed by atoms with Crippen molar-refractivity contribution in [1.29, 1.82) is 0 Å². The van der Waals surface area contributed by atoms with Crippen LogP contribution in [0.1, 0.15) is 44.1 Å². The van der Waals surface area contributed by atoms with Gasteiger partial charge in [-0.1, -0.05) is 12.1 Å². The van der Waals surface area contributed by atoms with Crippen LogP contribution in [-0.4, -0.2) is 45.2 Å². The second kappa shape index (κ2) is 7.67. The molecule has 0 fully saturated rings. The molecule has 1 aromatic heterocycles. The highest BCUT2D eigenvalue weighted by Gasteiger charge is 2.34. The molecule has 140 valence electrons. The predicted octanol–water partition coefficient (Wildman–Crippen LogP) is 2.09. The van der Waals surface area contributed by atoms with E-state index in [0.717, 1.165) is 9.78 Å². The Morgan fingerprint density at radius 3 is 2.37 bits per heavy atom. The second-order valence-corrected chi connectivity index (χ2v) is 7.11. The van der Waals surface area contributed by atoms with Gasteiger partial charge in [0, 0.05) is 17.8 Å². The number of fused-ring (bicyclic) bond motifs is 1. The molecule has 0 radical (unpaired) electrons. The molecule has 0 saturated heterocycles. The summed E-state index contributed by atoms with van der Waals surface area (Å²) in [6, 6.07) is 6.55. The number of carboxylic acids is 1. The number of rotatable bonds is 7. The molecule has 3 rings (SSSR count). The molecule has 1 aliphatic rings. The van der Waals surface area contributed by atoms with Crippen LogP contribution >= 0.6 is 11.3 Å². The summed E-state index contributed by atoms with van der Waals surface area (Å²) in [5, 5.41) is 11.8. The van der Waals surface area contributed by atoms with E-state index in [4.69, 9.17) is 5.11 Å². The smallest absolute Gasteiger partial charge is 0.303 e. The van der Waals surface area contributed by atoms with Crippen LogP contribution in [0.5, 0.6) is 0 Å². The van der Waals surface area contributed by atoms with Crippen LogP contribution in [0.4, 0.5) is 5.13 Å². The number of amides is 3. The van der Waals surface area contributed by atoms with Gasteiger partial charge >= 0.3 is 5.97 Å². The summed E-state index contributed by atoms with van der Waals surface area (Å²) < 4.78 is 0. The maximum atomic E-state index is 12.3. The molecule has 0 unspecified atom stereocenters. The van der Waals surface area contributed by atoms with Crippen LogP contribution in [0.25, 0.3) is 0 Å². The third kappa shape index (κ3) is 4.03. The van der Waals surface area contributed by atoms with Crippen molar-refractivity contribution in [3.8, 4) is 0 Å². The molecule has 0 saturated carbocycles. The molecule has 2 N–H and O–H groups in total. The van der Waals surface area contributed by atoms with E-state index in [1.165, 1.54) is 11.3 Å². The van der Waals surface area contributed by atoms with Gasteiger partial charge in [0.1, 0.15) is 0 Å². The van der Waals surface area contributed by atoms with Gasteiger partial charge in [0.25, 0.3) is 11.8 Å². The summed E-state index contributed by atoms with van der Waals surface area (Å²) in [4.78, 5) is 53.4. The van der Waals surface area contributed by atoms with Gasteiger partial charge in [0.15, 0.2) is 5.13 Å². The number of imide groups is 1. The number of carbonyl (C=O) groups excluding carboxylic acids is 3. The van der Waals surface area contributed by atoms with Crippen LogP contribution in [0.15, 0.2) is 24.3 Å². The first kappa shape index (κ1) is 18.7. The molecular weight excluding hydrogens is 370 g/mol. The summed E-state index contributed by atoms with van der Waals surface area (Å²) in [5.41, 5.74) is 1.37. The highest BCUT2D eigenvalue weighted by atomic mass is 32.1. The van der Waals surface area contributed by atoms with Crippen LogP contribution in [0.3, 0.4) is 0 Å². The number of nitrogens with zero attached hydrogens (tertiary/aromatic N) is 2. The minimum absolute atomic E-state index is 0.00381. The number of aryl methyl sites for hydroxylation is 2. The topological polar surface area (TPSA) is 117 Å². The average Bonchev–Trinajstić information content (AvgIpc) is 3.09. The zero-order chi connectivity index (χ0) is 19.6. The largest absolute Gasteiger partial charge is 0.481 e. The number of benzene rings is 1. The van der Waals surface area contributed by atoms with E-state index in [-0.39, 0.29) is 25.3 Å². The van der Waals surface area contributed by atoms with Crippen molar-refractivity contribution in [1.82, 2.24) is 9.88 Å². The van der Waals surface area contributed by atoms with Gasteiger partial charge in [-0.05, 0) is 25.5 Å². The number of carbonyl (C=O) groups is 4. The van der Waals surface area contributed by atoms with Gasteiger partial charge < -0.3 is 10.4 Å². The van der Waals surface area contributed by atoms with Gasteiger partial charge in [0.2, 0.25) is 5.91 Å². The van der Waals surface area contributed by atoms with Crippen molar-refractivity contribution in [3.05, 3.63) is 46.0 Å². The van der Waals surface area contributed by atoms with Crippen molar-refractivity contribution >= 4 is 40.2 Å². The van der Waals surface area contributed by atoms with Crippen LogP contribution in [-0.2, 0) is 16.0 Å². The van der Waals surface area contributed by atoms with Crippen LogP contribution in [0.2, 0.25) is 0 Å². The van der Waals surface area contributed by atoms with Crippen LogP contribution < -0.4 is 5.32 Å². The first-order valence-electron chi connectivity index (χ1n) is 8.30. The van der Waals surface area contributed by atoms with Gasteiger partial charge in [-0.25, -0.2) is 4.98 Å². The predicted molar refractivity (Wildman–Crippen MR) is 97.9 cm³/mol. The van der Waals surface area contributed by atoms with E-state index in [1.54, 1.807) is 31.2 Å². The fourth-order valence-corrected chi connectivity index (χ4v) is 3.75. The molecule has 0 atom stereocenters.